The Hall–Kier alpha value is -1.15. The molecule has 1 saturated heterocycles. The number of aliphatic hydroxyl groups is 1. The van der Waals surface area contributed by atoms with Gasteiger partial charge < -0.3 is 14.6 Å². The summed E-state index contributed by atoms with van der Waals surface area (Å²) in [7, 11) is -2.36. The van der Waals surface area contributed by atoms with E-state index in [1.165, 1.54) is 19.2 Å². The van der Waals surface area contributed by atoms with Crippen molar-refractivity contribution in [3.8, 4) is 5.75 Å². The quantitative estimate of drug-likeness (QED) is 0.848. The zero-order chi connectivity index (χ0) is 15.7. The van der Waals surface area contributed by atoms with Gasteiger partial charge in [-0.25, -0.2) is 13.1 Å². The van der Waals surface area contributed by atoms with E-state index in [-0.39, 0.29) is 23.4 Å². The molecule has 0 amide bonds. The molecule has 2 atom stereocenters. The highest BCUT2D eigenvalue weighted by Gasteiger charge is 2.41. The van der Waals surface area contributed by atoms with E-state index in [1.54, 1.807) is 6.07 Å². The van der Waals surface area contributed by atoms with Gasteiger partial charge in [-0.2, -0.15) is 0 Å². The van der Waals surface area contributed by atoms with Crippen LogP contribution in [0.1, 0.15) is 25.8 Å². The number of methoxy groups -OCH3 is 1. The van der Waals surface area contributed by atoms with E-state index in [4.69, 9.17) is 9.47 Å². The predicted octanol–water partition coefficient (Wildman–Crippen LogP) is 1.03. The second kappa shape index (κ2) is 5.92. The monoisotopic (exact) mass is 315 g/mol. The summed E-state index contributed by atoms with van der Waals surface area (Å²) in [6, 6.07) is 4.59. The number of aliphatic hydroxyl groups excluding tert-OH is 1. The Morgan fingerprint density at radius 2 is 2.24 bits per heavy atom. The lowest BCUT2D eigenvalue weighted by atomic mass is 9.97. The maximum absolute atomic E-state index is 12.7. The molecular formula is C14H21NO5S. The molecule has 21 heavy (non-hydrogen) atoms. The second-order valence-corrected chi connectivity index (χ2v) is 7.08. The van der Waals surface area contributed by atoms with Crippen LogP contribution in [-0.4, -0.2) is 38.9 Å². The molecule has 6 nitrogen and oxygen atoms in total. The van der Waals surface area contributed by atoms with Crippen molar-refractivity contribution >= 4 is 10.0 Å². The Morgan fingerprint density at radius 1 is 1.52 bits per heavy atom. The molecule has 1 fully saturated rings. The van der Waals surface area contributed by atoms with Crippen molar-refractivity contribution in [2.75, 3.05) is 13.7 Å². The van der Waals surface area contributed by atoms with Crippen LogP contribution >= 0.6 is 0 Å². The Morgan fingerprint density at radius 3 is 2.76 bits per heavy atom. The van der Waals surface area contributed by atoms with Crippen molar-refractivity contribution in [2.45, 2.75) is 43.4 Å². The van der Waals surface area contributed by atoms with Crippen molar-refractivity contribution < 1.29 is 23.0 Å². The first-order chi connectivity index (χ1) is 9.82. The SMILES string of the molecule is COc1ccc(CO)cc1S(=O)(=O)NC1(C)CCOC1C. The number of rotatable bonds is 5. The molecule has 2 N–H and O–H groups in total. The molecule has 0 aliphatic carbocycles. The molecule has 0 spiro atoms. The zero-order valence-electron chi connectivity index (χ0n) is 12.4. The first-order valence-corrected chi connectivity index (χ1v) is 8.24. The topological polar surface area (TPSA) is 84.9 Å². The van der Waals surface area contributed by atoms with E-state index in [0.29, 0.717) is 18.6 Å². The molecule has 1 aromatic carbocycles. The Bertz CT molecular complexity index is 616. The molecule has 0 radical (unpaired) electrons. The smallest absolute Gasteiger partial charge is 0.244 e. The zero-order valence-corrected chi connectivity index (χ0v) is 13.2. The molecule has 2 rings (SSSR count). The van der Waals surface area contributed by atoms with E-state index in [1.807, 2.05) is 13.8 Å². The molecule has 0 bridgehead atoms. The number of ether oxygens (including phenoxy) is 2. The van der Waals surface area contributed by atoms with E-state index >= 15 is 0 Å². The van der Waals surface area contributed by atoms with Crippen LogP contribution in [0.3, 0.4) is 0 Å². The summed E-state index contributed by atoms with van der Waals surface area (Å²) in [5.41, 5.74) is -0.143. The third kappa shape index (κ3) is 3.21. The maximum atomic E-state index is 12.7. The summed E-state index contributed by atoms with van der Waals surface area (Å²) in [5, 5.41) is 9.19. The number of hydrogen-bond donors (Lipinski definition) is 2. The Kier molecular flexibility index (Phi) is 4.57. The first-order valence-electron chi connectivity index (χ1n) is 6.76. The summed E-state index contributed by atoms with van der Waals surface area (Å²) in [6.45, 7) is 3.96. The number of benzene rings is 1. The molecular weight excluding hydrogens is 294 g/mol. The lowest BCUT2D eigenvalue weighted by Gasteiger charge is -2.28. The highest BCUT2D eigenvalue weighted by Crippen LogP contribution is 2.30. The first kappa shape index (κ1) is 16.2. The van der Waals surface area contributed by atoms with Crippen molar-refractivity contribution in [1.29, 1.82) is 0 Å². The lowest BCUT2D eigenvalue weighted by molar-refractivity contribution is 0.0957. The van der Waals surface area contributed by atoms with Crippen LogP contribution in [-0.2, 0) is 21.4 Å². The molecule has 2 unspecified atom stereocenters. The van der Waals surface area contributed by atoms with E-state index in [9.17, 15) is 13.5 Å². The van der Waals surface area contributed by atoms with Crippen LogP contribution in [0.4, 0.5) is 0 Å². The van der Waals surface area contributed by atoms with Gasteiger partial charge in [0.15, 0.2) is 0 Å². The summed E-state index contributed by atoms with van der Waals surface area (Å²) in [4.78, 5) is 0.0249. The highest BCUT2D eigenvalue weighted by atomic mass is 32.2. The van der Waals surface area contributed by atoms with Gasteiger partial charge in [-0.3, -0.25) is 0 Å². The summed E-state index contributed by atoms with van der Waals surface area (Å²) >= 11 is 0. The van der Waals surface area contributed by atoms with Crippen molar-refractivity contribution in [1.82, 2.24) is 4.72 Å². The summed E-state index contributed by atoms with van der Waals surface area (Å²) < 4.78 is 38.6. The maximum Gasteiger partial charge on any atom is 0.244 e. The Balaban J connectivity index is 2.39. The van der Waals surface area contributed by atoms with Gasteiger partial charge in [0.1, 0.15) is 10.6 Å². The standard InChI is InChI=1S/C14H21NO5S/c1-10-14(2,6-7-20-10)15-21(17,18)13-8-11(9-16)4-5-12(13)19-3/h4-5,8,10,15-16H,6-7,9H2,1-3H3. The van der Waals surface area contributed by atoms with Gasteiger partial charge in [0.2, 0.25) is 10.0 Å². The summed E-state index contributed by atoms with van der Waals surface area (Å²) in [5.74, 6) is 0.245. The second-order valence-electron chi connectivity index (χ2n) is 5.43. The van der Waals surface area contributed by atoms with E-state index in [2.05, 4.69) is 4.72 Å². The Labute approximate surface area is 125 Å². The number of nitrogens with one attached hydrogen (secondary N) is 1. The van der Waals surface area contributed by atoms with Gasteiger partial charge >= 0.3 is 0 Å². The van der Waals surface area contributed by atoms with Gasteiger partial charge in [0.25, 0.3) is 0 Å². The van der Waals surface area contributed by atoms with Crippen LogP contribution in [0, 0.1) is 0 Å². The van der Waals surface area contributed by atoms with Gasteiger partial charge in [-0.1, -0.05) is 6.07 Å². The van der Waals surface area contributed by atoms with E-state index < -0.39 is 15.6 Å². The fraction of sp³-hybridized carbons (Fsp3) is 0.571. The number of hydrogen-bond acceptors (Lipinski definition) is 5. The predicted molar refractivity (Wildman–Crippen MR) is 77.7 cm³/mol. The van der Waals surface area contributed by atoms with Crippen molar-refractivity contribution in [3.63, 3.8) is 0 Å². The van der Waals surface area contributed by atoms with Gasteiger partial charge in [-0.15, -0.1) is 0 Å². The van der Waals surface area contributed by atoms with Crippen LogP contribution < -0.4 is 9.46 Å². The largest absolute Gasteiger partial charge is 0.495 e. The summed E-state index contributed by atoms with van der Waals surface area (Å²) in [6.07, 6.45) is 0.398. The van der Waals surface area contributed by atoms with Crippen molar-refractivity contribution in [2.24, 2.45) is 0 Å². The molecule has 7 heteroatoms. The van der Waals surface area contributed by atoms with Crippen LogP contribution in [0.2, 0.25) is 0 Å². The fourth-order valence-electron chi connectivity index (χ4n) is 2.36. The minimum atomic E-state index is -3.78. The van der Waals surface area contributed by atoms with Crippen molar-refractivity contribution in [3.05, 3.63) is 23.8 Å². The minimum absolute atomic E-state index is 0.0249. The fourth-order valence-corrected chi connectivity index (χ4v) is 4.07. The lowest BCUT2D eigenvalue weighted by Crippen LogP contribution is -2.50. The highest BCUT2D eigenvalue weighted by molar-refractivity contribution is 7.89. The van der Waals surface area contributed by atoms with Gasteiger partial charge in [-0.05, 0) is 38.0 Å². The molecule has 118 valence electrons. The molecule has 1 aliphatic rings. The third-order valence-corrected chi connectivity index (χ3v) is 5.59. The van der Waals surface area contributed by atoms with E-state index in [0.717, 1.165) is 0 Å². The number of sulfonamides is 1. The minimum Gasteiger partial charge on any atom is -0.495 e. The molecule has 1 aromatic rings. The molecule has 0 saturated carbocycles. The van der Waals surface area contributed by atoms with Crippen LogP contribution in [0.15, 0.2) is 23.1 Å². The third-order valence-electron chi connectivity index (χ3n) is 3.95. The molecule has 1 heterocycles. The average molecular weight is 315 g/mol. The average Bonchev–Trinajstić information content (AvgIpc) is 2.76. The van der Waals surface area contributed by atoms with Crippen LogP contribution in [0.5, 0.6) is 5.75 Å². The van der Waals surface area contributed by atoms with Gasteiger partial charge in [0, 0.05) is 6.61 Å². The normalized spacial score (nSPS) is 26.0. The molecule has 1 aliphatic heterocycles. The van der Waals surface area contributed by atoms with Crippen LogP contribution in [0.25, 0.3) is 0 Å². The molecule has 0 aromatic heterocycles. The van der Waals surface area contributed by atoms with Gasteiger partial charge in [0.05, 0.1) is 25.4 Å².